The van der Waals surface area contributed by atoms with E-state index in [0.717, 1.165) is 25.6 Å². The highest BCUT2D eigenvalue weighted by atomic mass is 35.5. The van der Waals surface area contributed by atoms with Crippen LogP contribution in [0.25, 0.3) is 0 Å². The molecular weight excluding hydrogens is 286 g/mol. The Morgan fingerprint density at radius 1 is 1.05 bits per heavy atom. The number of halogens is 1. The lowest BCUT2D eigenvalue weighted by Gasteiger charge is -2.16. The summed E-state index contributed by atoms with van der Waals surface area (Å²) >= 11 is 6.02. The highest BCUT2D eigenvalue weighted by Crippen LogP contribution is 2.28. The van der Waals surface area contributed by atoms with E-state index < -0.39 is 0 Å². The van der Waals surface area contributed by atoms with Gasteiger partial charge in [0.1, 0.15) is 0 Å². The highest BCUT2D eigenvalue weighted by Gasteiger charge is 2.17. The topological polar surface area (TPSA) is 53.9 Å². The van der Waals surface area contributed by atoms with Crippen molar-refractivity contribution in [1.29, 1.82) is 0 Å². The SMILES string of the molecule is Clc1nc(NCCCC2CCCC2)nc(N2CCCC2)n1. The van der Waals surface area contributed by atoms with Crippen molar-refractivity contribution < 1.29 is 0 Å². The predicted octanol–water partition coefficient (Wildman–Crippen LogP) is 3.51. The third-order valence-corrected chi connectivity index (χ3v) is 4.70. The molecule has 0 atom stereocenters. The molecule has 2 fully saturated rings. The van der Waals surface area contributed by atoms with Gasteiger partial charge in [-0.05, 0) is 43.2 Å². The van der Waals surface area contributed by atoms with E-state index >= 15 is 0 Å². The van der Waals surface area contributed by atoms with E-state index in [1.54, 1.807) is 0 Å². The van der Waals surface area contributed by atoms with Crippen LogP contribution in [-0.4, -0.2) is 34.6 Å². The van der Waals surface area contributed by atoms with E-state index in [4.69, 9.17) is 11.6 Å². The van der Waals surface area contributed by atoms with Crippen molar-refractivity contribution in [3.8, 4) is 0 Å². The van der Waals surface area contributed by atoms with E-state index in [9.17, 15) is 0 Å². The molecule has 2 heterocycles. The molecule has 3 rings (SSSR count). The lowest BCUT2D eigenvalue weighted by Crippen LogP contribution is -2.21. The van der Waals surface area contributed by atoms with E-state index in [2.05, 4.69) is 25.2 Å². The number of nitrogens with zero attached hydrogens (tertiary/aromatic N) is 4. The minimum Gasteiger partial charge on any atom is -0.354 e. The van der Waals surface area contributed by atoms with Crippen molar-refractivity contribution >= 4 is 23.5 Å². The van der Waals surface area contributed by atoms with Crippen molar-refractivity contribution in [2.24, 2.45) is 5.92 Å². The first-order chi connectivity index (χ1) is 10.3. The molecule has 0 unspecified atom stereocenters. The molecule has 1 N–H and O–H groups in total. The minimum atomic E-state index is 0.283. The van der Waals surface area contributed by atoms with Gasteiger partial charge in [0.25, 0.3) is 0 Å². The molecule has 0 radical (unpaired) electrons. The van der Waals surface area contributed by atoms with Gasteiger partial charge < -0.3 is 10.2 Å². The maximum atomic E-state index is 6.02. The number of anilines is 2. The van der Waals surface area contributed by atoms with Crippen molar-refractivity contribution in [3.63, 3.8) is 0 Å². The monoisotopic (exact) mass is 309 g/mol. The molecule has 6 heteroatoms. The van der Waals surface area contributed by atoms with Gasteiger partial charge in [-0.3, -0.25) is 0 Å². The van der Waals surface area contributed by atoms with E-state index in [0.29, 0.717) is 11.9 Å². The Bertz CT molecular complexity index is 455. The van der Waals surface area contributed by atoms with Gasteiger partial charge in [0, 0.05) is 19.6 Å². The molecule has 1 aliphatic carbocycles. The first-order valence-electron chi connectivity index (χ1n) is 8.21. The predicted molar refractivity (Wildman–Crippen MR) is 86.0 cm³/mol. The summed E-state index contributed by atoms with van der Waals surface area (Å²) < 4.78 is 0. The van der Waals surface area contributed by atoms with Crippen molar-refractivity contribution in [2.45, 2.75) is 51.4 Å². The van der Waals surface area contributed by atoms with Crippen LogP contribution in [0.5, 0.6) is 0 Å². The summed E-state index contributed by atoms with van der Waals surface area (Å²) in [6, 6.07) is 0. The fourth-order valence-corrected chi connectivity index (χ4v) is 3.52. The zero-order valence-corrected chi connectivity index (χ0v) is 13.3. The van der Waals surface area contributed by atoms with E-state index in [-0.39, 0.29) is 5.28 Å². The third-order valence-electron chi connectivity index (χ3n) is 4.53. The fraction of sp³-hybridized carbons (Fsp3) is 0.800. The van der Waals surface area contributed by atoms with Gasteiger partial charge in [-0.25, -0.2) is 0 Å². The zero-order chi connectivity index (χ0) is 14.5. The lowest BCUT2D eigenvalue weighted by atomic mass is 10.0. The second-order valence-electron chi connectivity index (χ2n) is 6.14. The number of hydrogen-bond acceptors (Lipinski definition) is 5. The normalized spacial score (nSPS) is 19.4. The van der Waals surface area contributed by atoms with Crippen LogP contribution in [0.15, 0.2) is 0 Å². The molecule has 1 saturated carbocycles. The van der Waals surface area contributed by atoms with Crippen LogP contribution < -0.4 is 10.2 Å². The van der Waals surface area contributed by atoms with Gasteiger partial charge in [-0.15, -0.1) is 0 Å². The Morgan fingerprint density at radius 3 is 2.57 bits per heavy atom. The third kappa shape index (κ3) is 4.19. The van der Waals surface area contributed by atoms with Crippen LogP contribution >= 0.6 is 11.6 Å². The molecule has 0 spiro atoms. The van der Waals surface area contributed by atoms with Crippen LogP contribution in [0, 0.1) is 5.92 Å². The molecule has 0 bridgehead atoms. The van der Waals surface area contributed by atoms with Gasteiger partial charge in [0.2, 0.25) is 17.2 Å². The summed E-state index contributed by atoms with van der Waals surface area (Å²) in [6.07, 6.45) is 10.5. The molecule has 0 amide bonds. The highest BCUT2D eigenvalue weighted by molar-refractivity contribution is 6.28. The van der Waals surface area contributed by atoms with Gasteiger partial charge in [0.15, 0.2) is 0 Å². The number of nitrogens with one attached hydrogen (secondary N) is 1. The first kappa shape index (κ1) is 14.8. The first-order valence-corrected chi connectivity index (χ1v) is 8.59. The van der Waals surface area contributed by atoms with E-state index in [1.165, 1.54) is 51.4 Å². The fourth-order valence-electron chi connectivity index (χ4n) is 3.37. The number of aromatic nitrogens is 3. The average molecular weight is 310 g/mol. The largest absolute Gasteiger partial charge is 0.354 e. The molecular formula is C15H24ClN5. The van der Waals surface area contributed by atoms with Gasteiger partial charge in [-0.2, -0.15) is 15.0 Å². The molecule has 1 saturated heterocycles. The second kappa shape index (κ2) is 7.25. The molecule has 21 heavy (non-hydrogen) atoms. The summed E-state index contributed by atoms with van der Waals surface area (Å²) in [5, 5.41) is 3.58. The Balaban J connectivity index is 1.49. The quantitative estimate of drug-likeness (QED) is 0.815. The second-order valence-corrected chi connectivity index (χ2v) is 6.48. The molecule has 5 nitrogen and oxygen atoms in total. The Kier molecular flexibility index (Phi) is 5.12. The van der Waals surface area contributed by atoms with Crippen molar-refractivity contribution in [2.75, 3.05) is 29.9 Å². The summed E-state index contributed by atoms with van der Waals surface area (Å²) in [5.74, 6) is 2.27. The number of rotatable bonds is 6. The Labute approximate surface area is 131 Å². The van der Waals surface area contributed by atoms with Crippen molar-refractivity contribution in [3.05, 3.63) is 5.28 Å². The smallest absolute Gasteiger partial charge is 0.231 e. The van der Waals surface area contributed by atoms with Gasteiger partial charge >= 0.3 is 0 Å². The lowest BCUT2D eigenvalue weighted by molar-refractivity contribution is 0.491. The van der Waals surface area contributed by atoms with Crippen LogP contribution in [0.3, 0.4) is 0 Å². The standard InChI is InChI=1S/C15H24ClN5/c16-13-18-14(17-9-5-8-12-6-1-2-7-12)20-15(19-13)21-10-3-4-11-21/h12H,1-11H2,(H,17,18,19,20). The maximum absolute atomic E-state index is 6.02. The average Bonchev–Trinajstić information content (AvgIpc) is 3.16. The molecule has 0 aromatic carbocycles. The minimum absolute atomic E-state index is 0.283. The maximum Gasteiger partial charge on any atom is 0.231 e. The van der Waals surface area contributed by atoms with Crippen LogP contribution in [0.4, 0.5) is 11.9 Å². The number of hydrogen-bond donors (Lipinski definition) is 1. The van der Waals surface area contributed by atoms with Crippen LogP contribution in [0.2, 0.25) is 5.28 Å². The Morgan fingerprint density at radius 2 is 1.81 bits per heavy atom. The zero-order valence-electron chi connectivity index (χ0n) is 12.5. The summed E-state index contributed by atoms with van der Waals surface area (Å²) in [7, 11) is 0. The van der Waals surface area contributed by atoms with E-state index in [1.807, 2.05) is 0 Å². The van der Waals surface area contributed by atoms with Crippen LogP contribution in [0.1, 0.15) is 51.4 Å². The van der Waals surface area contributed by atoms with Crippen molar-refractivity contribution in [1.82, 2.24) is 15.0 Å². The van der Waals surface area contributed by atoms with Crippen LogP contribution in [-0.2, 0) is 0 Å². The van der Waals surface area contributed by atoms with Gasteiger partial charge in [-0.1, -0.05) is 25.7 Å². The Hall–Kier alpha value is -1.10. The molecule has 2 aliphatic rings. The molecule has 1 aliphatic heterocycles. The summed E-state index contributed by atoms with van der Waals surface area (Å²) in [4.78, 5) is 15.1. The summed E-state index contributed by atoms with van der Waals surface area (Å²) in [6.45, 7) is 2.94. The molecule has 1 aromatic rings. The molecule has 116 valence electrons. The van der Waals surface area contributed by atoms with Gasteiger partial charge in [0.05, 0.1) is 0 Å². The molecule has 1 aromatic heterocycles. The summed E-state index contributed by atoms with van der Waals surface area (Å²) in [5.41, 5.74) is 0.